The van der Waals surface area contributed by atoms with Crippen LogP contribution in [0.1, 0.15) is 24.1 Å². The first-order chi connectivity index (χ1) is 19.5. The third-order valence-corrected chi connectivity index (χ3v) is 9.62. The van der Waals surface area contributed by atoms with Gasteiger partial charge in [-0.2, -0.15) is 21.4 Å². The summed E-state index contributed by atoms with van der Waals surface area (Å²) in [7, 11) is -8.20. The summed E-state index contributed by atoms with van der Waals surface area (Å²) in [5.74, 6) is -0.692. The molecule has 41 heavy (non-hydrogen) atoms. The topological polar surface area (TPSA) is 116 Å². The molecule has 8 nitrogen and oxygen atoms in total. The van der Waals surface area contributed by atoms with E-state index in [0.717, 1.165) is 48.9 Å². The van der Waals surface area contributed by atoms with Crippen LogP contribution in [0.4, 0.5) is 5.69 Å². The van der Waals surface area contributed by atoms with E-state index in [1.807, 2.05) is 72.2 Å². The Kier molecular flexibility index (Phi) is 8.53. The molecule has 0 unspecified atom stereocenters. The van der Waals surface area contributed by atoms with E-state index in [1.54, 1.807) is 11.8 Å². The van der Waals surface area contributed by atoms with E-state index in [9.17, 15) is 25.9 Å². The van der Waals surface area contributed by atoms with Crippen LogP contribution in [0.25, 0.3) is 28.1 Å². The minimum Gasteiger partial charge on any atom is -0.335 e. The first-order valence-corrected chi connectivity index (χ1v) is 17.2. The zero-order valence-electron chi connectivity index (χ0n) is 22.5. The Bertz CT molecular complexity index is 1840. The van der Waals surface area contributed by atoms with Gasteiger partial charge in [0.2, 0.25) is 11.2 Å². The Morgan fingerprint density at radius 2 is 1.56 bits per heavy atom. The first kappa shape index (κ1) is 29.3. The summed E-state index contributed by atoms with van der Waals surface area (Å²) in [5, 5.41) is 1.90. The maximum absolute atomic E-state index is 11.5. The van der Waals surface area contributed by atoms with E-state index in [1.165, 1.54) is 0 Å². The summed E-state index contributed by atoms with van der Waals surface area (Å²) in [6.07, 6.45) is 2.49. The van der Waals surface area contributed by atoms with Crippen molar-refractivity contribution in [2.24, 2.45) is 0 Å². The van der Waals surface area contributed by atoms with Crippen molar-refractivity contribution in [2.75, 3.05) is 23.0 Å². The fourth-order valence-corrected chi connectivity index (χ4v) is 7.12. The van der Waals surface area contributed by atoms with Crippen molar-refractivity contribution >= 4 is 54.7 Å². The summed E-state index contributed by atoms with van der Waals surface area (Å²) < 4.78 is 66.5. The van der Waals surface area contributed by atoms with Crippen molar-refractivity contribution < 1.29 is 30.5 Å². The van der Waals surface area contributed by atoms with Crippen LogP contribution < -0.4 is 9.47 Å². The van der Waals surface area contributed by atoms with Gasteiger partial charge in [0.15, 0.2) is 6.54 Å². The lowest BCUT2D eigenvalue weighted by molar-refractivity contribution is -0.673. The molecule has 5 rings (SSSR count). The number of aryl methyl sites for hydroxylation is 2. The van der Waals surface area contributed by atoms with Crippen molar-refractivity contribution in [3.8, 4) is 11.1 Å². The molecule has 0 saturated heterocycles. The molecule has 1 aliphatic heterocycles. The highest BCUT2D eigenvalue weighted by Gasteiger charge is 2.28. The highest BCUT2D eigenvalue weighted by atomic mass is 32.2. The van der Waals surface area contributed by atoms with Gasteiger partial charge in [-0.3, -0.25) is 9.11 Å². The monoisotopic (exact) mass is 611 g/mol. The highest BCUT2D eigenvalue weighted by molar-refractivity contribution is 8.03. The number of hydrogen-bond acceptors (Lipinski definition) is 6. The lowest BCUT2D eigenvalue weighted by atomic mass is 10.0. The smallest absolute Gasteiger partial charge is 0.265 e. The van der Waals surface area contributed by atoms with Gasteiger partial charge < -0.3 is 4.90 Å². The van der Waals surface area contributed by atoms with Crippen LogP contribution in [-0.4, -0.2) is 44.0 Å². The minimum absolute atomic E-state index is 0.233. The second kappa shape index (κ2) is 11.9. The van der Waals surface area contributed by atoms with Crippen molar-refractivity contribution in [3.05, 3.63) is 95.1 Å². The third-order valence-electron chi connectivity index (χ3n) is 6.90. The number of anilines is 1. The van der Waals surface area contributed by atoms with Crippen molar-refractivity contribution in [1.29, 1.82) is 0 Å². The molecule has 1 aliphatic rings. The molecule has 0 spiro atoms. The number of thioether (sulfide) groups is 1. The Balaban J connectivity index is 1.56. The lowest BCUT2D eigenvalue weighted by Gasteiger charge is -2.21. The predicted molar refractivity (Wildman–Crippen MR) is 164 cm³/mol. The van der Waals surface area contributed by atoms with Crippen LogP contribution in [0.2, 0.25) is 0 Å². The summed E-state index contributed by atoms with van der Waals surface area (Å²) in [5.41, 5.74) is 5.94. The fourth-order valence-electron chi connectivity index (χ4n) is 5.02. The van der Waals surface area contributed by atoms with E-state index < -0.39 is 20.2 Å². The number of hydrogen-bond donors (Lipinski definition) is 2. The van der Waals surface area contributed by atoms with Crippen LogP contribution in [-0.2, 0) is 26.8 Å². The first-order valence-electron chi connectivity index (χ1n) is 13.2. The third kappa shape index (κ3) is 7.35. The molecule has 3 aromatic carbocycles. The summed E-state index contributed by atoms with van der Waals surface area (Å²) in [6.45, 7) is 2.76. The second-order valence-electron chi connectivity index (χ2n) is 10.0. The molecule has 0 radical (unpaired) electrons. The average molecular weight is 612 g/mol. The molecule has 1 aromatic heterocycles. The van der Waals surface area contributed by atoms with Gasteiger partial charge in [0, 0.05) is 41.5 Å². The molecule has 4 aromatic rings. The summed E-state index contributed by atoms with van der Waals surface area (Å²) >= 11 is 1.57. The highest BCUT2D eigenvalue weighted by Crippen LogP contribution is 2.48. The van der Waals surface area contributed by atoms with Crippen LogP contribution in [0.5, 0.6) is 0 Å². The quantitative estimate of drug-likeness (QED) is 0.177. The molecular weight excluding hydrogens is 581 g/mol. The lowest BCUT2D eigenvalue weighted by Crippen LogP contribution is -2.39. The molecule has 0 aliphatic carbocycles. The van der Waals surface area contributed by atoms with Crippen molar-refractivity contribution in [3.63, 3.8) is 0 Å². The Morgan fingerprint density at radius 3 is 2.29 bits per heavy atom. The van der Waals surface area contributed by atoms with Crippen LogP contribution >= 0.6 is 11.8 Å². The van der Waals surface area contributed by atoms with Gasteiger partial charge in [-0.15, -0.1) is 0 Å². The maximum Gasteiger partial charge on any atom is 0.265 e. The number of nitrogens with zero attached hydrogens (tertiary/aromatic N) is 2. The van der Waals surface area contributed by atoms with Crippen molar-refractivity contribution in [1.82, 2.24) is 0 Å². The van der Waals surface area contributed by atoms with Crippen LogP contribution in [0.15, 0.2) is 88.8 Å². The predicted octanol–water partition coefficient (Wildman–Crippen LogP) is 5.57. The van der Waals surface area contributed by atoms with Gasteiger partial charge in [0.25, 0.3) is 20.2 Å². The van der Waals surface area contributed by atoms with E-state index >= 15 is 0 Å². The summed E-state index contributed by atoms with van der Waals surface area (Å²) in [6, 6.07) is 26.3. The average Bonchev–Trinajstić information content (AvgIpc) is 3.25. The molecule has 0 atom stereocenters. The maximum atomic E-state index is 11.5. The van der Waals surface area contributed by atoms with Crippen molar-refractivity contribution in [2.45, 2.75) is 31.2 Å². The molecule has 2 N–H and O–H groups in total. The van der Waals surface area contributed by atoms with Gasteiger partial charge in [-0.05, 0) is 48.7 Å². The van der Waals surface area contributed by atoms with Crippen LogP contribution in [0, 0.1) is 6.92 Å². The second-order valence-corrected chi connectivity index (χ2v) is 14.2. The van der Waals surface area contributed by atoms with E-state index in [-0.39, 0.29) is 24.3 Å². The number of aromatic nitrogens is 1. The number of pyridine rings is 1. The zero-order valence-corrected chi connectivity index (χ0v) is 24.9. The van der Waals surface area contributed by atoms with Gasteiger partial charge in [0.1, 0.15) is 0 Å². The van der Waals surface area contributed by atoms with Gasteiger partial charge in [-0.25, -0.2) is 0 Å². The largest absolute Gasteiger partial charge is 0.335 e. The molecule has 2 heterocycles. The Labute approximate surface area is 244 Å². The number of benzene rings is 3. The molecule has 214 valence electrons. The van der Waals surface area contributed by atoms with Gasteiger partial charge in [-0.1, -0.05) is 59.8 Å². The van der Waals surface area contributed by atoms with E-state index in [2.05, 4.69) is 29.2 Å². The molecule has 0 amide bonds. The minimum atomic E-state index is -4.10. The van der Waals surface area contributed by atoms with Crippen LogP contribution in [0.3, 0.4) is 0 Å². The number of rotatable bonds is 10. The SMILES string of the molecule is Cc1ccc2c(ccc(C=C3Sc4ccc(-c5ccccc5)cc4N3CCCS(=O)(=O)O)[n+]2CCCS(=O)(=O)O)c1. The molecule has 11 heteroatoms. The summed E-state index contributed by atoms with van der Waals surface area (Å²) in [4.78, 5) is 3.09. The molecule has 0 fully saturated rings. The fraction of sp³-hybridized carbons (Fsp3) is 0.233. The molecule has 0 bridgehead atoms. The molecule has 0 saturated carbocycles. The van der Waals surface area contributed by atoms with Gasteiger partial charge >= 0.3 is 0 Å². The van der Waals surface area contributed by atoms with Gasteiger partial charge in [0.05, 0.1) is 22.2 Å². The Hall–Kier alpha value is -3.22. The zero-order chi connectivity index (χ0) is 29.2. The standard InChI is InChI=1S/C30H30N2O6S3/c1-22-9-13-27-25(19-22)10-12-26(31(27)15-5-17-40(33,34)35)21-30-32(16-6-18-41(36,37)38)28-20-24(11-14-29(28)39-30)23-7-3-2-4-8-23/h2-4,7-14,19-21H,5-6,15-18H2,1H3,(H-,33,34,35,36,37,38)/p+1. The number of fused-ring (bicyclic) bond motifs is 2. The normalized spacial score (nSPS) is 14.6. The Morgan fingerprint density at radius 1 is 0.829 bits per heavy atom. The molecular formula is C30H31N2O6S3+. The van der Waals surface area contributed by atoms with E-state index in [4.69, 9.17) is 0 Å². The van der Waals surface area contributed by atoms with E-state index in [0.29, 0.717) is 13.1 Å².